The molecule has 0 radical (unpaired) electrons. The van der Waals surface area contributed by atoms with E-state index in [1.807, 2.05) is 33.9 Å². The monoisotopic (exact) mass is 750 g/mol. The van der Waals surface area contributed by atoms with Crippen molar-refractivity contribution in [2.45, 2.75) is 149 Å². The van der Waals surface area contributed by atoms with Gasteiger partial charge in [0.1, 0.15) is 18.8 Å². The van der Waals surface area contributed by atoms with E-state index in [4.69, 9.17) is 51.8 Å². The topological polar surface area (TPSA) is 221 Å². The molecule has 0 aromatic rings. The Morgan fingerprint density at radius 3 is 1.12 bits per heavy atom. The maximum absolute atomic E-state index is 12.4. The molecule has 0 aromatic carbocycles. The zero-order valence-corrected chi connectivity index (χ0v) is 32.0. The highest BCUT2D eigenvalue weighted by Gasteiger charge is 2.58. The van der Waals surface area contributed by atoms with Crippen molar-refractivity contribution >= 4 is 50.1 Å². The van der Waals surface area contributed by atoms with Crippen LogP contribution in [0.1, 0.15) is 69.2 Å². The van der Waals surface area contributed by atoms with Gasteiger partial charge in [0.05, 0.1) is 6.61 Å². The molecule has 290 valence electrons. The van der Waals surface area contributed by atoms with E-state index in [-0.39, 0.29) is 11.6 Å². The lowest BCUT2D eigenvalue weighted by Gasteiger charge is -2.48. The summed E-state index contributed by atoms with van der Waals surface area (Å²) >= 11 is 0. The first-order valence-electron chi connectivity index (χ1n) is 16.2. The summed E-state index contributed by atoms with van der Waals surface area (Å²) in [6, 6.07) is 0. The van der Waals surface area contributed by atoms with E-state index in [1.54, 1.807) is 0 Å². The van der Waals surface area contributed by atoms with Crippen molar-refractivity contribution < 1.29 is 85.4 Å². The highest BCUT2D eigenvalue weighted by molar-refractivity contribution is 6.74. The van der Waals surface area contributed by atoms with Gasteiger partial charge in [-0.25, -0.2) is 0 Å². The molecule has 2 saturated heterocycles. The number of carbonyl (C=O) groups excluding carboxylic acids is 7. The lowest BCUT2D eigenvalue weighted by molar-refractivity contribution is -0.377. The molecule has 19 heteroatoms. The van der Waals surface area contributed by atoms with Crippen LogP contribution in [0.5, 0.6) is 0 Å². The van der Waals surface area contributed by atoms with Crippen molar-refractivity contribution in [1.29, 1.82) is 0 Å². The highest BCUT2D eigenvalue weighted by Crippen LogP contribution is 2.39. The fourth-order valence-corrected chi connectivity index (χ4v) is 6.05. The van der Waals surface area contributed by atoms with Crippen LogP contribution in [0.3, 0.4) is 0 Å². The van der Waals surface area contributed by atoms with Crippen LogP contribution in [-0.4, -0.2) is 125 Å². The van der Waals surface area contributed by atoms with Gasteiger partial charge in [-0.3, -0.25) is 33.6 Å². The van der Waals surface area contributed by atoms with Crippen LogP contribution in [0.25, 0.3) is 0 Å². The molecule has 51 heavy (non-hydrogen) atoms. The minimum Gasteiger partial charge on any atom is -0.463 e. The maximum atomic E-state index is 12.4. The fourth-order valence-electron chi connectivity index (χ4n) is 5.04. The summed E-state index contributed by atoms with van der Waals surface area (Å²) in [4.78, 5) is 85.8. The highest BCUT2D eigenvalue weighted by atomic mass is 28.4. The number of hydrogen-bond donors (Lipinski definition) is 0. The second-order valence-corrected chi connectivity index (χ2v) is 18.3. The lowest BCUT2D eigenvalue weighted by atomic mass is 9.97. The molecular formula is C32H50O18Si. The van der Waals surface area contributed by atoms with Crippen molar-refractivity contribution in [3.05, 3.63) is 0 Å². The Bertz CT molecular complexity index is 1290. The van der Waals surface area contributed by atoms with Crippen LogP contribution in [-0.2, 0) is 85.4 Å². The molecule has 0 aliphatic carbocycles. The lowest BCUT2D eigenvalue weighted by Crippen LogP contribution is -2.67. The van der Waals surface area contributed by atoms with Crippen molar-refractivity contribution in [2.24, 2.45) is 0 Å². The van der Waals surface area contributed by atoms with Gasteiger partial charge in [0.2, 0.25) is 12.6 Å². The van der Waals surface area contributed by atoms with Crippen LogP contribution in [0, 0.1) is 0 Å². The summed E-state index contributed by atoms with van der Waals surface area (Å²) in [6.07, 6.45) is -15.4. The summed E-state index contributed by atoms with van der Waals surface area (Å²) in [6.45, 7) is 16.7. The van der Waals surface area contributed by atoms with Gasteiger partial charge in [0.25, 0.3) is 0 Å². The van der Waals surface area contributed by atoms with E-state index < -0.39 is 118 Å². The molecule has 2 heterocycles. The third kappa shape index (κ3) is 12.8. The maximum Gasteiger partial charge on any atom is 0.303 e. The minimum absolute atomic E-state index is 0.211. The molecule has 0 aromatic heterocycles. The first kappa shape index (κ1) is 43.5. The van der Waals surface area contributed by atoms with Gasteiger partial charge < -0.3 is 51.8 Å². The zero-order chi connectivity index (χ0) is 39.0. The average molecular weight is 751 g/mol. The minimum atomic E-state index is -2.49. The van der Waals surface area contributed by atoms with Crippen molar-refractivity contribution in [1.82, 2.24) is 0 Å². The number of ether oxygens (including phenoxy) is 10. The summed E-state index contributed by atoms with van der Waals surface area (Å²) in [5.41, 5.74) is 0. The van der Waals surface area contributed by atoms with Gasteiger partial charge in [-0.1, -0.05) is 20.8 Å². The summed E-state index contributed by atoms with van der Waals surface area (Å²) < 4.78 is 63.0. The quantitative estimate of drug-likeness (QED) is 0.148. The van der Waals surface area contributed by atoms with Crippen LogP contribution >= 0.6 is 0 Å². The molecule has 2 aliphatic heterocycles. The van der Waals surface area contributed by atoms with Crippen molar-refractivity contribution in [3.63, 3.8) is 0 Å². The predicted octanol–water partition coefficient (Wildman–Crippen LogP) is 1.63. The van der Waals surface area contributed by atoms with Crippen LogP contribution in [0.2, 0.25) is 18.1 Å². The third-order valence-electron chi connectivity index (χ3n) is 8.13. The van der Waals surface area contributed by atoms with E-state index in [1.165, 1.54) is 0 Å². The molecular weight excluding hydrogens is 700 g/mol. The Morgan fingerprint density at radius 1 is 0.490 bits per heavy atom. The van der Waals surface area contributed by atoms with E-state index in [2.05, 4.69) is 0 Å². The van der Waals surface area contributed by atoms with E-state index >= 15 is 0 Å². The Labute approximate surface area is 297 Å². The Hall–Kier alpha value is -3.65. The molecule has 10 atom stereocenters. The molecule has 0 bridgehead atoms. The van der Waals surface area contributed by atoms with Gasteiger partial charge >= 0.3 is 41.8 Å². The first-order chi connectivity index (χ1) is 23.4. The molecule has 2 fully saturated rings. The average Bonchev–Trinajstić information content (AvgIpc) is 2.95. The molecule has 0 saturated carbocycles. The second-order valence-electron chi connectivity index (χ2n) is 13.5. The molecule has 0 unspecified atom stereocenters. The summed E-state index contributed by atoms with van der Waals surface area (Å²) in [5, 5.41) is -0.265. The fraction of sp³-hybridized carbons (Fsp3) is 0.781. The molecule has 2 aliphatic rings. The van der Waals surface area contributed by atoms with Gasteiger partial charge in [-0.05, 0) is 18.1 Å². The van der Waals surface area contributed by atoms with Crippen molar-refractivity contribution in [2.75, 3.05) is 13.2 Å². The molecule has 18 nitrogen and oxygen atoms in total. The van der Waals surface area contributed by atoms with Gasteiger partial charge in [-0.15, -0.1) is 0 Å². The molecule has 2 rings (SSSR count). The summed E-state index contributed by atoms with van der Waals surface area (Å²) in [5.74, 6) is -5.86. The van der Waals surface area contributed by atoms with Gasteiger partial charge in [0.15, 0.2) is 44.9 Å². The number of esters is 7. The number of carbonyl (C=O) groups is 7. The van der Waals surface area contributed by atoms with Crippen LogP contribution in [0.15, 0.2) is 0 Å². The first-order valence-corrected chi connectivity index (χ1v) is 19.1. The zero-order valence-electron chi connectivity index (χ0n) is 31.0. The number of rotatable bonds is 13. The Balaban J connectivity index is 2.74. The normalized spacial score (nSPS) is 29.5. The van der Waals surface area contributed by atoms with E-state index in [9.17, 15) is 33.6 Å². The largest absolute Gasteiger partial charge is 0.463 e. The number of hydrogen-bond acceptors (Lipinski definition) is 18. The van der Waals surface area contributed by atoms with E-state index in [0.717, 1.165) is 48.5 Å². The SMILES string of the molecule is CC(=O)OC[C@H]1O[C@H](O[C@H]2O[C@H](CO[Si](C)(C)C(C)(C)C)[C@@H](OC(C)=O)[C@H](OC(C)=O)[C@H]2OC(C)=O)[C@H](OC(C)=O)[C@@H](OC(C)=O)[C@@H]1OC(C)=O. The smallest absolute Gasteiger partial charge is 0.303 e. The van der Waals surface area contributed by atoms with Gasteiger partial charge in [0, 0.05) is 48.5 Å². The van der Waals surface area contributed by atoms with Crippen LogP contribution < -0.4 is 0 Å². The Morgan fingerprint density at radius 2 is 0.804 bits per heavy atom. The molecule has 0 N–H and O–H groups in total. The summed E-state index contributed by atoms with van der Waals surface area (Å²) in [7, 11) is -2.49. The Kier molecular flexibility index (Phi) is 15.5. The molecule has 0 amide bonds. The molecule has 0 spiro atoms. The van der Waals surface area contributed by atoms with Gasteiger partial charge in [-0.2, -0.15) is 0 Å². The third-order valence-corrected chi connectivity index (χ3v) is 12.6. The standard InChI is InChI=1S/C32H50O18Si/c1-15(33)40-13-22-24(42-16(2)34)26(44-18(4)36)28(46-20(6)38)30(48-22)50-31-29(47-21(7)39)27(45-19(5)37)25(43-17(3)35)23(49-31)14-41-51(11,12)32(8,9)10/h22-31H,13-14H2,1-12H3/t22-,23-,24-,25-,26+,27+,28-,29-,30-,31-/m1/s1. The van der Waals surface area contributed by atoms with Crippen molar-refractivity contribution in [3.8, 4) is 0 Å². The van der Waals surface area contributed by atoms with Crippen LogP contribution in [0.4, 0.5) is 0 Å². The van der Waals surface area contributed by atoms with E-state index in [0.29, 0.717) is 0 Å². The predicted molar refractivity (Wildman–Crippen MR) is 172 cm³/mol. The second kappa shape index (κ2) is 18.2.